The molecule has 2 aromatic rings. The quantitative estimate of drug-likeness (QED) is 0.894. The Balaban J connectivity index is 1.69. The second-order valence-electron chi connectivity index (χ2n) is 6.36. The molecule has 0 radical (unpaired) electrons. The van der Waals surface area contributed by atoms with Gasteiger partial charge in [-0.15, -0.1) is 0 Å². The molecular weight excluding hydrogens is 343 g/mol. The van der Waals surface area contributed by atoms with E-state index in [0.717, 1.165) is 48.9 Å². The molecule has 0 amide bonds. The van der Waals surface area contributed by atoms with Gasteiger partial charge in [-0.05, 0) is 36.2 Å². The Labute approximate surface area is 152 Å². The average Bonchev–Trinajstić information content (AvgIpc) is 2.95. The average molecular weight is 363 g/mol. The molecule has 4 rings (SSSR count). The van der Waals surface area contributed by atoms with Crippen molar-refractivity contribution in [2.75, 3.05) is 26.2 Å². The summed E-state index contributed by atoms with van der Waals surface area (Å²) in [6.07, 6.45) is 0.861. The van der Waals surface area contributed by atoms with Crippen molar-refractivity contribution in [3.8, 4) is 5.75 Å². The number of benzene rings is 2. The minimum atomic E-state index is -0.0447. The zero-order valence-corrected chi connectivity index (χ0v) is 14.9. The van der Waals surface area contributed by atoms with Crippen LogP contribution in [0.1, 0.15) is 17.2 Å². The summed E-state index contributed by atoms with van der Waals surface area (Å²) in [5.41, 5.74) is 2.30. The summed E-state index contributed by atoms with van der Waals surface area (Å²) in [4.78, 5) is 2.51. The fourth-order valence-corrected chi connectivity index (χ4v) is 4.32. The van der Waals surface area contributed by atoms with Crippen LogP contribution in [-0.4, -0.2) is 37.1 Å². The lowest BCUT2D eigenvalue weighted by Crippen LogP contribution is -2.50. The lowest BCUT2D eigenvalue weighted by atomic mass is 10.1. The molecule has 0 saturated carbocycles. The van der Waals surface area contributed by atoms with Crippen LogP contribution in [0.15, 0.2) is 42.5 Å². The van der Waals surface area contributed by atoms with Crippen molar-refractivity contribution >= 4 is 23.2 Å². The van der Waals surface area contributed by atoms with E-state index in [1.54, 1.807) is 0 Å². The molecule has 1 heterocycles. The number of nitrogens with one attached hydrogen (secondary N) is 1. The van der Waals surface area contributed by atoms with Crippen molar-refractivity contribution in [3.05, 3.63) is 63.6 Å². The van der Waals surface area contributed by atoms with Gasteiger partial charge in [0.2, 0.25) is 0 Å². The Morgan fingerprint density at radius 1 is 1.04 bits per heavy atom. The molecule has 0 aromatic heterocycles. The molecule has 0 bridgehead atoms. The molecule has 2 aliphatic rings. The highest BCUT2D eigenvalue weighted by Gasteiger charge is 2.39. The zero-order valence-electron chi connectivity index (χ0n) is 13.3. The molecule has 0 spiro atoms. The number of hydrogen-bond acceptors (Lipinski definition) is 3. The summed E-state index contributed by atoms with van der Waals surface area (Å²) in [5, 5.41) is 4.83. The van der Waals surface area contributed by atoms with Crippen LogP contribution >= 0.6 is 23.2 Å². The largest absolute Gasteiger partial charge is 0.484 e. The monoisotopic (exact) mass is 362 g/mol. The molecule has 5 heteroatoms. The van der Waals surface area contributed by atoms with Crippen LogP contribution in [0.25, 0.3) is 0 Å². The van der Waals surface area contributed by atoms with Crippen LogP contribution in [-0.2, 0) is 6.42 Å². The highest BCUT2D eigenvalue weighted by atomic mass is 35.5. The Hall–Kier alpha value is -1.26. The third kappa shape index (κ3) is 3.14. The second-order valence-corrected chi connectivity index (χ2v) is 7.21. The van der Waals surface area contributed by atoms with E-state index in [1.165, 1.54) is 5.56 Å². The molecule has 24 heavy (non-hydrogen) atoms. The van der Waals surface area contributed by atoms with Crippen molar-refractivity contribution in [1.29, 1.82) is 0 Å². The predicted octanol–water partition coefficient (Wildman–Crippen LogP) is 3.94. The van der Waals surface area contributed by atoms with Crippen molar-refractivity contribution in [3.63, 3.8) is 0 Å². The Kier molecular flexibility index (Phi) is 4.68. The van der Waals surface area contributed by atoms with E-state index in [0.29, 0.717) is 11.1 Å². The minimum Gasteiger partial charge on any atom is -0.484 e. The van der Waals surface area contributed by atoms with Crippen molar-refractivity contribution < 1.29 is 4.74 Å². The number of halogens is 2. The number of fused-ring (bicyclic) bond motifs is 1. The van der Waals surface area contributed by atoms with Crippen LogP contribution in [0.4, 0.5) is 0 Å². The summed E-state index contributed by atoms with van der Waals surface area (Å²) in [5.74, 6) is 0.881. The number of para-hydroxylation sites is 1. The highest BCUT2D eigenvalue weighted by Crippen LogP contribution is 2.42. The maximum absolute atomic E-state index is 6.48. The van der Waals surface area contributed by atoms with E-state index in [4.69, 9.17) is 27.9 Å². The van der Waals surface area contributed by atoms with E-state index in [1.807, 2.05) is 42.5 Å². The number of nitrogens with zero attached hydrogens (tertiary/aromatic N) is 1. The van der Waals surface area contributed by atoms with E-state index < -0.39 is 0 Å². The van der Waals surface area contributed by atoms with Crippen LogP contribution in [0, 0.1) is 0 Å². The van der Waals surface area contributed by atoms with Crippen molar-refractivity contribution in [2.24, 2.45) is 0 Å². The van der Waals surface area contributed by atoms with Crippen LogP contribution in [0.5, 0.6) is 5.75 Å². The second kappa shape index (κ2) is 6.93. The first kappa shape index (κ1) is 16.2. The molecule has 1 aliphatic heterocycles. The van der Waals surface area contributed by atoms with Crippen LogP contribution < -0.4 is 10.1 Å². The SMILES string of the molecule is Clc1cc(Cl)c2c(c1)[C@H](Oc1ccccc1)[C@@H](N1CCNCC1)C2. The summed E-state index contributed by atoms with van der Waals surface area (Å²) in [7, 11) is 0. The van der Waals surface area contributed by atoms with Crippen molar-refractivity contribution in [2.45, 2.75) is 18.6 Å². The highest BCUT2D eigenvalue weighted by molar-refractivity contribution is 6.35. The van der Waals surface area contributed by atoms with Gasteiger partial charge in [0.15, 0.2) is 0 Å². The molecule has 1 saturated heterocycles. The third-order valence-electron chi connectivity index (χ3n) is 4.89. The first-order chi connectivity index (χ1) is 11.7. The number of ether oxygens (including phenoxy) is 1. The van der Waals surface area contributed by atoms with Crippen LogP contribution in [0.2, 0.25) is 10.0 Å². The lowest BCUT2D eigenvalue weighted by Gasteiger charge is -2.36. The molecule has 1 aliphatic carbocycles. The van der Waals surface area contributed by atoms with Gasteiger partial charge in [0, 0.05) is 41.8 Å². The van der Waals surface area contributed by atoms with E-state index in [2.05, 4.69) is 10.2 Å². The zero-order chi connectivity index (χ0) is 16.5. The first-order valence-electron chi connectivity index (χ1n) is 8.36. The summed E-state index contributed by atoms with van der Waals surface area (Å²) < 4.78 is 6.40. The fourth-order valence-electron chi connectivity index (χ4n) is 3.74. The molecule has 0 unspecified atom stereocenters. The molecule has 3 nitrogen and oxygen atoms in total. The summed E-state index contributed by atoms with van der Waals surface area (Å²) in [6, 6.07) is 14.1. The van der Waals surface area contributed by atoms with Gasteiger partial charge in [0.1, 0.15) is 11.9 Å². The molecular formula is C19H20Cl2N2O. The standard InChI is InChI=1S/C19H20Cl2N2O/c20-13-10-16-15(17(21)11-13)12-18(23-8-6-22-7-9-23)19(16)24-14-4-2-1-3-5-14/h1-5,10-11,18-19,22H,6-9,12H2/t18-,19-/m0/s1. The van der Waals surface area contributed by atoms with Gasteiger partial charge in [0.05, 0.1) is 6.04 Å². The van der Waals surface area contributed by atoms with E-state index >= 15 is 0 Å². The fraction of sp³-hybridized carbons (Fsp3) is 0.368. The molecule has 1 N–H and O–H groups in total. The van der Waals surface area contributed by atoms with Crippen molar-refractivity contribution in [1.82, 2.24) is 10.2 Å². The Morgan fingerprint density at radius 3 is 2.54 bits per heavy atom. The Morgan fingerprint density at radius 2 is 1.79 bits per heavy atom. The molecule has 126 valence electrons. The number of rotatable bonds is 3. The van der Waals surface area contributed by atoms with Gasteiger partial charge in [0.25, 0.3) is 0 Å². The van der Waals surface area contributed by atoms with Gasteiger partial charge < -0.3 is 10.1 Å². The molecule has 1 fully saturated rings. The predicted molar refractivity (Wildman–Crippen MR) is 98.2 cm³/mol. The molecule has 2 atom stereocenters. The minimum absolute atomic E-state index is 0.0447. The number of piperazine rings is 1. The third-order valence-corrected chi connectivity index (χ3v) is 5.45. The van der Waals surface area contributed by atoms with Gasteiger partial charge in [-0.2, -0.15) is 0 Å². The topological polar surface area (TPSA) is 24.5 Å². The van der Waals surface area contributed by atoms with Crippen LogP contribution in [0.3, 0.4) is 0 Å². The maximum atomic E-state index is 6.48. The maximum Gasteiger partial charge on any atom is 0.140 e. The smallest absolute Gasteiger partial charge is 0.140 e. The lowest BCUT2D eigenvalue weighted by molar-refractivity contribution is 0.0694. The van der Waals surface area contributed by atoms with Gasteiger partial charge in [-0.25, -0.2) is 0 Å². The van der Waals surface area contributed by atoms with E-state index in [9.17, 15) is 0 Å². The first-order valence-corrected chi connectivity index (χ1v) is 9.12. The molecule has 2 aromatic carbocycles. The summed E-state index contributed by atoms with van der Waals surface area (Å²) >= 11 is 12.7. The van der Waals surface area contributed by atoms with Gasteiger partial charge >= 0.3 is 0 Å². The van der Waals surface area contributed by atoms with Gasteiger partial charge in [-0.1, -0.05) is 41.4 Å². The summed E-state index contributed by atoms with van der Waals surface area (Å²) in [6.45, 7) is 4.08. The normalized spacial score (nSPS) is 23.9. The van der Waals surface area contributed by atoms with E-state index in [-0.39, 0.29) is 6.10 Å². The van der Waals surface area contributed by atoms with Gasteiger partial charge in [-0.3, -0.25) is 4.90 Å². The number of hydrogen-bond donors (Lipinski definition) is 1. The Bertz CT molecular complexity index is 717.